The van der Waals surface area contributed by atoms with E-state index >= 15 is 0 Å². The van der Waals surface area contributed by atoms with Gasteiger partial charge in [-0.05, 0) is 30.7 Å². The van der Waals surface area contributed by atoms with Gasteiger partial charge >= 0.3 is 0 Å². The Morgan fingerprint density at radius 1 is 1.12 bits per heavy atom. The van der Waals surface area contributed by atoms with Gasteiger partial charge in [0.05, 0.1) is 19.2 Å². The van der Waals surface area contributed by atoms with E-state index < -0.39 is 0 Å². The van der Waals surface area contributed by atoms with E-state index in [2.05, 4.69) is 38.1 Å². The lowest BCUT2D eigenvalue weighted by atomic mass is 10.2. The number of hydrogen-bond donors (Lipinski definition) is 1. The Kier molecular flexibility index (Phi) is 5.71. The Labute approximate surface area is 155 Å². The fraction of sp³-hybridized carbons (Fsp3) is 0.263. The van der Waals surface area contributed by atoms with Gasteiger partial charge in [0.1, 0.15) is 12.1 Å². The molecule has 0 atom stereocenters. The van der Waals surface area contributed by atoms with Crippen molar-refractivity contribution in [2.24, 2.45) is 0 Å². The number of methoxy groups -OCH3 is 1. The minimum atomic E-state index is 0.653. The molecule has 1 N–H and O–H groups in total. The van der Waals surface area contributed by atoms with Crippen LogP contribution in [0, 0.1) is 0 Å². The molecule has 25 heavy (non-hydrogen) atoms. The second kappa shape index (κ2) is 8.16. The van der Waals surface area contributed by atoms with E-state index in [1.54, 1.807) is 13.4 Å². The number of anilines is 2. The summed E-state index contributed by atoms with van der Waals surface area (Å²) >= 11 is 3.48. The maximum atomic E-state index is 5.89. The first-order chi connectivity index (χ1) is 12.2. The van der Waals surface area contributed by atoms with Crippen LogP contribution in [0.5, 0.6) is 11.5 Å². The molecule has 5 nitrogen and oxygen atoms in total. The maximum absolute atomic E-state index is 5.89. The summed E-state index contributed by atoms with van der Waals surface area (Å²) in [6.45, 7) is 2.79. The normalized spacial score (nSPS) is 10.7. The van der Waals surface area contributed by atoms with Crippen molar-refractivity contribution in [2.75, 3.05) is 19.0 Å². The molecule has 1 heterocycles. The molecule has 6 heteroatoms. The van der Waals surface area contributed by atoms with Crippen LogP contribution < -0.4 is 14.8 Å². The summed E-state index contributed by atoms with van der Waals surface area (Å²) in [5.41, 5.74) is 1.74. The number of nitrogens with one attached hydrogen (secondary N) is 1. The van der Waals surface area contributed by atoms with Gasteiger partial charge < -0.3 is 14.8 Å². The van der Waals surface area contributed by atoms with Crippen LogP contribution in [0.1, 0.15) is 19.8 Å². The van der Waals surface area contributed by atoms with Crippen LogP contribution >= 0.6 is 15.9 Å². The second-order valence-electron chi connectivity index (χ2n) is 5.58. The van der Waals surface area contributed by atoms with Crippen molar-refractivity contribution in [3.8, 4) is 11.5 Å². The number of aromatic nitrogens is 2. The zero-order valence-electron chi connectivity index (χ0n) is 14.3. The fourth-order valence-corrected chi connectivity index (χ4v) is 2.86. The summed E-state index contributed by atoms with van der Waals surface area (Å²) in [7, 11) is 1.63. The monoisotopic (exact) mass is 401 g/mol. The summed E-state index contributed by atoms with van der Waals surface area (Å²) in [4.78, 5) is 8.74. The number of benzene rings is 2. The molecule has 3 rings (SSSR count). The zero-order valence-corrected chi connectivity index (χ0v) is 15.8. The molecule has 0 aliphatic carbocycles. The van der Waals surface area contributed by atoms with E-state index in [1.807, 2.05) is 36.4 Å². The predicted octanol–water partition coefficient (Wildman–Crippen LogP) is 5.32. The van der Waals surface area contributed by atoms with Gasteiger partial charge in [-0.25, -0.2) is 9.97 Å². The molecule has 0 fully saturated rings. The average molecular weight is 402 g/mol. The largest absolute Gasteiger partial charge is 0.493 e. The van der Waals surface area contributed by atoms with E-state index in [9.17, 15) is 0 Å². The summed E-state index contributed by atoms with van der Waals surface area (Å²) in [6, 6.07) is 11.7. The third-order valence-electron chi connectivity index (χ3n) is 3.76. The van der Waals surface area contributed by atoms with Crippen LogP contribution in [-0.4, -0.2) is 23.7 Å². The van der Waals surface area contributed by atoms with Crippen molar-refractivity contribution < 1.29 is 9.47 Å². The summed E-state index contributed by atoms with van der Waals surface area (Å²) in [5, 5.41) is 4.23. The molecule has 3 aromatic rings. The number of unbranched alkanes of at least 4 members (excludes halogenated alkanes) is 1. The molecule has 0 aliphatic heterocycles. The van der Waals surface area contributed by atoms with Crippen molar-refractivity contribution in [3.05, 3.63) is 47.2 Å². The molecule has 0 spiro atoms. The molecule has 2 aromatic carbocycles. The van der Waals surface area contributed by atoms with Gasteiger partial charge in [-0.3, -0.25) is 0 Å². The number of halogens is 1. The number of rotatable bonds is 7. The van der Waals surface area contributed by atoms with E-state index in [-0.39, 0.29) is 0 Å². The molecule has 0 amide bonds. The van der Waals surface area contributed by atoms with Gasteiger partial charge in [0.15, 0.2) is 11.5 Å². The third-order valence-corrected chi connectivity index (χ3v) is 4.26. The Morgan fingerprint density at radius 2 is 2.00 bits per heavy atom. The van der Waals surface area contributed by atoms with Gasteiger partial charge in [-0.15, -0.1) is 0 Å². The van der Waals surface area contributed by atoms with Crippen molar-refractivity contribution in [3.63, 3.8) is 0 Å². The Hall–Kier alpha value is -2.34. The highest BCUT2D eigenvalue weighted by Crippen LogP contribution is 2.35. The molecule has 0 saturated heterocycles. The Bertz CT molecular complexity index is 870. The first kappa shape index (κ1) is 17.5. The molecule has 0 unspecified atom stereocenters. The standard InChI is InChI=1S/C19H20BrN3O2/c1-3-4-8-25-18-10-15-16(11-17(18)24-2)21-12-22-19(15)23-14-7-5-6-13(20)9-14/h5-7,9-12H,3-4,8H2,1-2H3,(H,21,22,23). The number of hydrogen-bond acceptors (Lipinski definition) is 5. The second-order valence-corrected chi connectivity index (χ2v) is 6.50. The number of nitrogens with zero attached hydrogens (tertiary/aromatic N) is 2. The van der Waals surface area contributed by atoms with Crippen LogP contribution in [0.25, 0.3) is 10.9 Å². The minimum Gasteiger partial charge on any atom is -0.493 e. The fourth-order valence-electron chi connectivity index (χ4n) is 2.47. The molecular formula is C19H20BrN3O2. The Morgan fingerprint density at radius 3 is 2.76 bits per heavy atom. The number of fused-ring (bicyclic) bond motifs is 1. The molecular weight excluding hydrogens is 382 g/mol. The first-order valence-corrected chi connectivity index (χ1v) is 8.98. The summed E-state index contributed by atoms with van der Waals surface area (Å²) < 4.78 is 12.3. The predicted molar refractivity (Wildman–Crippen MR) is 104 cm³/mol. The van der Waals surface area contributed by atoms with Crippen LogP contribution in [-0.2, 0) is 0 Å². The van der Waals surface area contributed by atoms with E-state index in [0.29, 0.717) is 18.1 Å². The average Bonchev–Trinajstić information content (AvgIpc) is 2.62. The lowest BCUT2D eigenvalue weighted by Crippen LogP contribution is -2.01. The van der Waals surface area contributed by atoms with Crippen LogP contribution in [0.4, 0.5) is 11.5 Å². The molecule has 0 bridgehead atoms. The van der Waals surface area contributed by atoms with Crippen molar-refractivity contribution in [1.82, 2.24) is 9.97 Å². The number of ether oxygens (including phenoxy) is 2. The van der Waals surface area contributed by atoms with Crippen molar-refractivity contribution in [1.29, 1.82) is 0 Å². The quantitative estimate of drug-likeness (QED) is 0.542. The summed E-state index contributed by atoms with van der Waals surface area (Å²) in [5.74, 6) is 2.11. The lowest BCUT2D eigenvalue weighted by molar-refractivity contribution is 0.289. The van der Waals surface area contributed by atoms with Gasteiger partial charge in [-0.2, -0.15) is 0 Å². The molecule has 0 radical (unpaired) electrons. The lowest BCUT2D eigenvalue weighted by Gasteiger charge is -2.13. The maximum Gasteiger partial charge on any atom is 0.162 e. The zero-order chi connectivity index (χ0) is 17.6. The van der Waals surface area contributed by atoms with Crippen LogP contribution in [0.15, 0.2) is 47.2 Å². The minimum absolute atomic E-state index is 0.653. The summed E-state index contributed by atoms with van der Waals surface area (Å²) in [6.07, 6.45) is 3.62. The first-order valence-electron chi connectivity index (χ1n) is 8.19. The van der Waals surface area contributed by atoms with Crippen LogP contribution in [0.2, 0.25) is 0 Å². The Balaban J connectivity index is 1.99. The highest BCUT2D eigenvalue weighted by molar-refractivity contribution is 9.10. The van der Waals surface area contributed by atoms with Gasteiger partial charge in [0, 0.05) is 21.6 Å². The van der Waals surface area contributed by atoms with E-state index in [0.717, 1.165) is 39.7 Å². The molecule has 0 saturated carbocycles. The van der Waals surface area contributed by atoms with Crippen molar-refractivity contribution in [2.45, 2.75) is 19.8 Å². The van der Waals surface area contributed by atoms with E-state index in [4.69, 9.17) is 9.47 Å². The SMILES string of the molecule is CCCCOc1cc2c(Nc3cccc(Br)c3)ncnc2cc1OC. The van der Waals surface area contributed by atoms with Crippen LogP contribution in [0.3, 0.4) is 0 Å². The van der Waals surface area contributed by atoms with Gasteiger partial charge in [0.25, 0.3) is 0 Å². The highest BCUT2D eigenvalue weighted by Gasteiger charge is 2.12. The topological polar surface area (TPSA) is 56.3 Å². The molecule has 1 aromatic heterocycles. The van der Waals surface area contributed by atoms with Crippen molar-refractivity contribution >= 4 is 38.3 Å². The molecule has 130 valence electrons. The van der Waals surface area contributed by atoms with Gasteiger partial charge in [0.2, 0.25) is 0 Å². The van der Waals surface area contributed by atoms with Gasteiger partial charge in [-0.1, -0.05) is 35.3 Å². The third kappa shape index (κ3) is 4.20. The smallest absolute Gasteiger partial charge is 0.162 e. The highest BCUT2D eigenvalue weighted by atomic mass is 79.9. The molecule has 0 aliphatic rings. The van der Waals surface area contributed by atoms with E-state index in [1.165, 1.54) is 0 Å².